The number of hydrogen-bond acceptors (Lipinski definition) is 3. The summed E-state index contributed by atoms with van der Waals surface area (Å²) in [6.45, 7) is 0.598. The van der Waals surface area contributed by atoms with Crippen molar-refractivity contribution in [1.29, 1.82) is 0 Å². The van der Waals surface area contributed by atoms with Gasteiger partial charge in [-0.25, -0.2) is 0 Å². The Labute approximate surface area is 96.3 Å². The number of hydrogen-bond donors (Lipinski definition) is 0. The second-order valence-electron chi connectivity index (χ2n) is 3.20. The van der Waals surface area contributed by atoms with E-state index in [-0.39, 0.29) is 0 Å². The van der Waals surface area contributed by atoms with Crippen molar-refractivity contribution < 1.29 is 14.2 Å². The molecule has 3 heteroatoms. The molecule has 16 heavy (non-hydrogen) atoms. The molecule has 0 aliphatic rings. The molecule has 1 aromatic rings. The maximum Gasteiger partial charge on any atom is 0.126 e. The number of benzene rings is 1. The summed E-state index contributed by atoms with van der Waals surface area (Å²) < 4.78 is 15.8. The predicted octanol–water partition coefficient (Wildman–Crippen LogP) is 2.50. The fourth-order valence-corrected chi connectivity index (χ4v) is 1.23. The number of rotatable bonds is 6. The molecule has 0 heterocycles. The largest absolute Gasteiger partial charge is 0.496 e. The normalized spacial score (nSPS) is 9.31. The third-order valence-corrected chi connectivity index (χ3v) is 2.06. The highest BCUT2D eigenvalue weighted by molar-refractivity contribution is 5.41. The summed E-state index contributed by atoms with van der Waals surface area (Å²) in [4.78, 5) is 0. The van der Waals surface area contributed by atoms with Gasteiger partial charge in [0.1, 0.15) is 17.2 Å². The van der Waals surface area contributed by atoms with E-state index in [4.69, 9.17) is 20.6 Å². The van der Waals surface area contributed by atoms with Crippen LogP contribution in [0.25, 0.3) is 0 Å². The van der Waals surface area contributed by atoms with Crippen LogP contribution in [0.1, 0.15) is 12.8 Å². The Morgan fingerprint density at radius 3 is 2.12 bits per heavy atom. The Balaban J connectivity index is 2.61. The first kappa shape index (κ1) is 12.3. The van der Waals surface area contributed by atoms with Gasteiger partial charge < -0.3 is 14.2 Å². The van der Waals surface area contributed by atoms with Crippen LogP contribution in [0.3, 0.4) is 0 Å². The smallest absolute Gasteiger partial charge is 0.126 e. The molecule has 0 fully saturated rings. The molecule has 0 saturated carbocycles. The van der Waals surface area contributed by atoms with Gasteiger partial charge in [0, 0.05) is 24.6 Å². The second kappa shape index (κ2) is 6.62. The molecule has 0 aliphatic carbocycles. The van der Waals surface area contributed by atoms with Crippen molar-refractivity contribution in [2.24, 2.45) is 0 Å². The fraction of sp³-hybridized carbons (Fsp3) is 0.385. The fourth-order valence-electron chi connectivity index (χ4n) is 1.23. The molecule has 3 nitrogen and oxygen atoms in total. The van der Waals surface area contributed by atoms with Crippen LogP contribution in [-0.4, -0.2) is 20.8 Å². The average Bonchev–Trinajstić information content (AvgIpc) is 2.34. The summed E-state index contributed by atoms with van der Waals surface area (Å²) in [7, 11) is 3.22. The van der Waals surface area contributed by atoms with Crippen molar-refractivity contribution in [2.75, 3.05) is 20.8 Å². The third kappa shape index (κ3) is 3.74. The molecule has 0 N–H and O–H groups in total. The van der Waals surface area contributed by atoms with Crippen LogP contribution in [0.5, 0.6) is 17.2 Å². The molecular formula is C13H16O3. The molecule has 0 aliphatic heterocycles. The lowest BCUT2D eigenvalue weighted by atomic mass is 10.3. The third-order valence-electron chi connectivity index (χ3n) is 2.06. The molecule has 0 aromatic heterocycles. The predicted molar refractivity (Wildman–Crippen MR) is 63.1 cm³/mol. The summed E-state index contributed by atoms with van der Waals surface area (Å²) in [6.07, 6.45) is 6.72. The molecule has 1 aromatic carbocycles. The number of unbranched alkanes of at least 4 members (excludes halogenated alkanes) is 1. The summed E-state index contributed by atoms with van der Waals surface area (Å²) in [5.74, 6) is 4.73. The molecular weight excluding hydrogens is 204 g/mol. The van der Waals surface area contributed by atoms with Gasteiger partial charge in [0.25, 0.3) is 0 Å². The van der Waals surface area contributed by atoms with E-state index in [0.29, 0.717) is 18.1 Å². The van der Waals surface area contributed by atoms with Gasteiger partial charge in [-0.05, 0) is 6.42 Å². The zero-order valence-corrected chi connectivity index (χ0v) is 9.66. The van der Waals surface area contributed by atoms with E-state index >= 15 is 0 Å². The number of ether oxygens (including phenoxy) is 3. The highest BCUT2D eigenvalue weighted by Crippen LogP contribution is 2.27. The Bertz CT molecular complexity index is 344. The molecule has 0 unspecified atom stereocenters. The van der Waals surface area contributed by atoms with Crippen LogP contribution in [0, 0.1) is 12.3 Å². The first-order chi connectivity index (χ1) is 7.80. The van der Waals surface area contributed by atoms with E-state index < -0.39 is 0 Å². The lowest BCUT2D eigenvalue weighted by Crippen LogP contribution is -1.97. The van der Waals surface area contributed by atoms with E-state index in [1.807, 2.05) is 12.1 Å². The quantitative estimate of drug-likeness (QED) is 0.544. The highest BCUT2D eigenvalue weighted by Gasteiger charge is 2.02. The Hall–Kier alpha value is -1.82. The van der Waals surface area contributed by atoms with Crippen LogP contribution < -0.4 is 14.2 Å². The van der Waals surface area contributed by atoms with Crippen LogP contribution in [0.4, 0.5) is 0 Å². The minimum absolute atomic E-state index is 0.598. The van der Waals surface area contributed by atoms with Gasteiger partial charge in [0.15, 0.2) is 0 Å². The summed E-state index contributed by atoms with van der Waals surface area (Å²) >= 11 is 0. The van der Waals surface area contributed by atoms with Gasteiger partial charge in [0.2, 0.25) is 0 Å². The maximum absolute atomic E-state index is 5.54. The lowest BCUT2D eigenvalue weighted by Gasteiger charge is -2.09. The second-order valence-corrected chi connectivity index (χ2v) is 3.20. The highest BCUT2D eigenvalue weighted by atomic mass is 16.5. The summed E-state index contributed by atoms with van der Waals surface area (Å²) in [6, 6.07) is 5.44. The Kier molecular flexibility index (Phi) is 5.07. The molecule has 0 spiro atoms. The molecule has 86 valence electrons. The van der Waals surface area contributed by atoms with Gasteiger partial charge in [-0.15, -0.1) is 12.3 Å². The Morgan fingerprint density at radius 1 is 1.06 bits per heavy atom. The van der Waals surface area contributed by atoms with E-state index in [9.17, 15) is 0 Å². The van der Waals surface area contributed by atoms with Crippen molar-refractivity contribution in [3.8, 4) is 29.6 Å². The van der Waals surface area contributed by atoms with Gasteiger partial charge in [-0.3, -0.25) is 0 Å². The van der Waals surface area contributed by atoms with Crippen molar-refractivity contribution >= 4 is 0 Å². The number of methoxy groups -OCH3 is 2. The minimum atomic E-state index is 0.598. The van der Waals surface area contributed by atoms with Gasteiger partial charge in [-0.2, -0.15) is 0 Å². The first-order valence-electron chi connectivity index (χ1n) is 5.09. The van der Waals surface area contributed by atoms with Crippen LogP contribution in [-0.2, 0) is 0 Å². The number of terminal acetylenes is 1. The maximum atomic E-state index is 5.54. The summed E-state index contributed by atoms with van der Waals surface area (Å²) in [5.41, 5.74) is 0. The minimum Gasteiger partial charge on any atom is -0.496 e. The molecule has 0 radical (unpaired) electrons. The summed E-state index contributed by atoms with van der Waals surface area (Å²) in [5, 5.41) is 0. The van der Waals surface area contributed by atoms with Crippen LogP contribution in [0.2, 0.25) is 0 Å². The molecule has 0 atom stereocenters. The molecule has 0 saturated heterocycles. The van der Waals surface area contributed by atoms with Crippen LogP contribution >= 0.6 is 0 Å². The van der Waals surface area contributed by atoms with Crippen molar-refractivity contribution in [3.05, 3.63) is 18.2 Å². The van der Waals surface area contributed by atoms with E-state index in [0.717, 1.165) is 18.6 Å². The van der Waals surface area contributed by atoms with Crippen LogP contribution in [0.15, 0.2) is 18.2 Å². The van der Waals surface area contributed by atoms with E-state index in [1.165, 1.54) is 0 Å². The van der Waals surface area contributed by atoms with E-state index in [2.05, 4.69) is 5.92 Å². The topological polar surface area (TPSA) is 27.7 Å². The van der Waals surface area contributed by atoms with Crippen molar-refractivity contribution in [2.45, 2.75) is 12.8 Å². The standard InChI is InChI=1S/C13H16O3/c1-4-5-6-7-16-13-9-11(14-2)8-12(10-13)15-3/h1,8-10H,5-7H2,2-3H3. The zero-order valence-electron chi connectivity index (χ0n) is 9.66. The SMILES string of the molecule is C#CCCCOc1cc(OC)cc(OC)c1. The van der Waals surface area contributed by atoms with Gasteiger partial charge in [0.05, 0.1) is 20.8 Å². The molecule has 0 bridgehead atoms. The lowest BCUT2D eigenvalue weighted by molar-refractivity contribution is 0.307. The molecule has 1 rings (SSSR count). The monoisotopic (exact) mass is 220 g/mol. The van der Waals surface area contributed by atoms with Gasteiger partial charge >= 0.3 is 0 Å². The van der Waals surface area contributed by atoms with Gasteiger partial charge in [-0.1, -0.05) is 0 Å². The zero-order chi connectivity index (χ0) is 11.8. The Morgan fingerprint density at radius 2 is 1.62 bits per heavy atom. The van der Waals surface area contributed by atoms with Crippen molar-refractivity contribution in [1.82, 2.24) is 0 Å². The van der Waals surface area contributed by atoms with Crippen molar-refractivity contribution in [3.63, 3.8) is 0 Å². The molecule has 0 amide bonds. The first-order valence-corrected chi connectivity index (χ1v) is 5.09. The van der Waals surface area contributed by atoms with E-state index in [1.54, 1.807) is 20.3 Å². The average molecular weight is 220 g/mol.